The molecule has 3 rings (SSSR count). The second-order valence-electron chi connectivity index (χ2n) is 5.00. The van der Waals surface area contributed by atoms with Gasteiger partial charge in [-0.1, -0.05) is 6.07 Å². The van der Waals surface area contributed by atoms with Crippen molar-refractivity contribution in [2.75, 3.05) is 25.5 Å². The molecule has 1 saturated heterocycles. The Morgan fingerprint density at radius 2 is 2.05 bits per heavy atom. The summed E-state index contributed by atoms with van der Waals surface area (Å²) < 4.78 is 11.0. The van der Waals surface area contributed by atoms with Gasteiger partial charge in [-0.2, -0.15) is 12.6 Å². The quantitative estimate of drug-likeness (QED) is 0.857. The van der Waals surface area contributed by atoms with Crippen molar-refractivity contribution in [3.8, 4) is 11.5 Å². The maximum atomic E-state index is 11.9. The van der Waals surface area contributed by atoms with E-state index in [1.54, 1.807) is 0 Å². The van der Waals surface area contributed by atoms with Crippen LogP contribution in [0.1, 0.15) is 12.0 Å². The molecule has 0 aromatic heterocycles. The van der Waals surface area contributed by atoms with Crippen LogP contribution in [0.5, 0.6) is 11.5 Å². The van der Waals surface area contributed by atoms with Crippen LogP contribution < -0.4 is 9.47 Å². The lowest BCUT2D eigenvalue weighted by Gasteiger charge is -2.21. The molecule has 1 amide bonds. The van der Waals surface area contributed by atoms with Crippen molar-refractivity contribution in [1.82, 2.24) is 4.90 Å². The Bertz CT molecular complexity index is 492. The molecule has 0 spiro atoms. The summed E-state index contributed by atoms with van der Waals surface area (Å²) in [4.78, 5) is 13.8. The number of carbonyl (C=O) groups is 1. The summed E-state index contributed by atoms with van der Waals surface area (Å²) in [5, 5.41) is 0. The van der Waals surface area contributed by atoms with E-state index in [2.05, 4.69) is 12.6 Å². The molecule has 102 valence electrons. The zero-order chi connectivity index (χ0) is 13.2. The largest absolute Gasteiger partial charge is 0.486 e. The first-order valence-corrected chi connectivity index (χ1v) is 7.16. The lowest BCUT2D eigenvalue weighted by atomic mass is 10.1. The van der Waals surface area contributed by atoms with Crippen LogP contribution in [-0.4, -0.2) is 36.3 Å². The number of carbonyl (C=O) groups excluding carboxylic acids is 1. The molecular weight excluding hydrogens is 262 g/mol. The Hall–Kier alpha value is -1.36. The predicted molar refractivity (Wildman–Crippen MR) is 74.8 cm³/mol. The number of ether oxygens (including phenoxy) is 2. The summed E-state index contributed by atoms with van der Waals surface area (Å²) in [6, 6.07) is 5.88. The van der Waals surface area contributed by atoms with Crippen LogP contribution in [0.2, 0.25) is 0 Å². The zero-order valence-corrected chi connectivity index (χ0v) is 11.6. The molecule has 1 aromatic carbocycles. The highest BCUT2D eigenvalue weighted by Gasteiger charge is 2.28. The number of fused-ring (bicyclic) bond motifs is 1. The van der Waals surface area contributed by atoms with E-state index in [0.29, 0.717) is 32.1 Å². The summed E-state index contributed by atoms with van der Waals surface area (Å²) in [5.74, 6) is 2.93. The van der Waals surface area contributed by atoms with Gasteiger partial charge in [0.25, 0.3) is 0 Å². The molecule has 19 heavy (non-hydrogen) atoms. The fraction of sp³-hybridized carbons (Fsp3) is 0.500. The van der Waals surface area contributed by atoms with E-state index in [1.807, 2.05) is 23.1 Å². The zero-order valence-electron chi connectivity index (χ0n) is 10.7. The highest BCUT2D eigenvalue weighted by Crippen LogP contribution is 2.31. The molecule has 0 N–H and O–H groups in total. The molecule has 2 aliphatic heterocycles. The number of hydrogen-bond donors (Lipinski definition) is 1. The van der Waals surface area contributed by atoms with E-state index >= 15 is 0 Å². The highest BCUT2D eigenvalue weighted by atomic mass is 32.1. The number of nitrogens with zero attached hydrogens (tertiary/aromatic N) is 1. The van der Waals surface area contributed by atoms with Gasteiger partial charge in [0, 0.05) is 19.5 Å². The van der Waals surface area contributed by atoms with Gasteiger partial charge in [0.05, 0.1) is 0 Å². The third-order valence-electron chi connectivity index (χ3n) is 3.53. The molecule has 1 fully saturated rings. The molecule has 0 aliphatic carbocycles. The van der Waals surface area contributed by atoms with Crippen LogP contribution in [-0.2, 0) is 11.3 Å². The fourth-order valence-electron chi connectivity index (χ4n) is 2.54. The average molecular weight is 279 g/mol. The van der Waals surface area contributed by atoms with E-state index < -0.39 is 0 Å². The van der Waals surface area contributed by atoms with Crippen molar-refractivity contribution in [1.29, 1.82) is 0 Å². The van der Waals surface area contributed by atoms with Crippen LogP contribution in [0.15, 0.2) is 18.2 Å². The van der Waals surface area contributed by atoms with Crippen molar-refractivity contribution in [2.24, 2.45) is 5.92 Å². The molecule has 0 bridgehead atoms. The average Bonchev–Trinajstić information content (AvgIpc) is 2.79. The van der Waals surface area contributed by atoms with Gasteiger partial charge < -0.3 is 14.4 Å². The maximum Gasteiger partial charge on any atom is 0.223 e. The Labute approximate surface area is 118 Å². The first-order valence-electron chi connectivity index (χ1n) is 6.53. The second kappa shape index (κ2) is 5.33. The normalized spacial score (nSPS) is 21.8. The standard InChI is InChI=1S/C14H17NO3S/c16-14-6-11(9-19)8-15(14)7-10-1-2-12-13(5-10)18-4-3-17-12/h1-2,5,11,19H,3-4,6-9H2. The van der Waals surface area contributed by atoms with E-state index in [1.165, 1.54) is 0 Å². The van der Waals surface area contributed by atoms with Gasteiger partial charge >= 0.3 is 0 Å². The number of hydrogen-bond acceptors (Lipinski definition) is 4. The van der Waals surface area contributed by atoms with Crippen LogP contribution >= 0.6 is 12.6 Å². The summed E-state index contributed by atoms with van der Waals surface area (Å²) >= 11 is 4.27. The molecule has 5 heteroatoms. The molecule has 2 aliphatic rings. The topological polar surface area (TPSA) is 38.8 Å². The van der Waals surface area contributed by atoms with Crippen molar-refractivity contribution >= 4 is 18.5 Å². The number of rotatable bonds is 3. The number of thiol groups is 1. The molecule has 0 saturated carbocycles. The first kappa shape index (κ1) is 12.7. The molecular formula is C14H17NO3S. The Morgan fingerprint density at radius 3 is 2.79 bits per heavy atom. The second-order valence-corrected chi connectivity index (χ2v) is 5.37. The molecule has 0 radical (unpaired) electrons. The lowest BCUT2D eigenvalue weighted by Crippen LogP contribution is -2.25. The summed E-state index contributed by atoms with van der Waals surface area (Å²) in [5.41, 5.74) is 1.08. The van der Waals surface area contributed by atoms with Crippen molar-refractivity contribution < 1.29 is 14.3 Å². The summed E-state index contributed by atoms with van der Waals surface area (Å²) in [6.45, 7) is 2.62. The minimum absolute atomic E-state index is 0.217. The van der Waals surface area contributed by atoms with Crippen LogP contribution in [0, 0.1) is 5.92 Å². The summed E-state index contributed by atoms with van der Waals surface area (Å²) in [7, 11) is 0. The lowest BCUT2D eigenvalue weighted by molar-refractivity contribution is -0.128. The first-order chi connectivity index (χ1) is 9.26. The van der Waals surface area contributed by atoms with E-state index in [0.717, 1.165) is 29.4 Å². The third kappa shape index (κ3) is 2.66. The van der Waals surface area contributed by atoms with E-state index in [-0.39, 0.29) is 5.91 Å². The van der Waals surface area contributed by atoms with Crippen molar-refractivity contribution in [2.45, 2.75) is 13.0 Å². The fourth-order valence-corrected chi connectivity index (χ4v) is 2.78. The van der Waals surface area contributed by atoms with Gasteiger partial charge in [0.1, 0.15) is 13.2 Å². The van der Waals surface area contributed by atoms with Crippen molar-refractivity contribution in [3.63, 3.8) is 0 Å². The Balaban J connectivity index is 1.71. The van der Waals surface area contributed by atoms with Gasteiger partial charge in [0.2, 0.25) is 5.91 Å². The van der Waals surface area contributed by atoms with Gasteiger partial charge in [-0.3, -0.25) is 4.79 Å². The minimum atomic E-state index is 0.217. The molecule has 4 nitrogen and oxygen atoms in total. The van der Waals surface area contributed by atoms with Gasteiger partial charge in [-0.05, 0) is 29.4 Å². The van der Waals surface area contributed by atoms with Crippen LogP contribution in [0.3, 0.4) is 0 Å². The smallest absolute Gasteiger partial charge is 0.223 e. The van der Waals surface area contributed by atoms with Gasteiger partial charge in [0.15, 0.2) is 11.5 Å². The van der Waals surface area contributed by atoms with Gasteiger partial charge in [-0.25, -0.2) is 0 Å². The SMILES string of the molecule is O=C1CC(CS)CN1Cc1ccc2c(c1)OCCO2. The summed E-state index contributed by atoms with van der Waals surface area (Å²) in [6.07, 6.45) is 0.619. The van der Waals surface area contributed by atoms with Crippen LogP contribution in [0.4, 0.5) is 0 Å². The highest BCUT2D eigenvalue weighted by molar-refractivity contribution is 7.80. The van der Waals surface area contributed by atoms with Crippen LogP contribution in [0.25, 0.3) is 0 Å². The van der Waals surface area contributed by atoms with Gasteiger partial charge in [-0.15, -0.1) is 0 Å². The molecule has 1 atom stereocenters. The Morgan fingerprint density at radius 1 is 1.26 bits per heavy atom. The number of likely N-dealkylation sites (tertiary alicyclic amines) is 1. The van der Waals surface area contributed by atoms with E-state index in [9.17, 15) is 4.79 Å². The predicted octanol–water partition coefficient (Wildman–Crippen LogP) is 1.74. The third-order valence-corrected chi connectivity index (χ3v) is 4.05. The molecule has 1 unspecified atom stereocenters. The Kier molecular flexibility index (Phi) is 3.55. The molecule has 1 aromatic rings. The van der Waals surface area contributed by atoms with E-state index in [4.69, 9.17) is 9.47 Å². The number of amides is 1. The monoisotopic (exact) mass is 279 g/mol. The van der Waals surface area contributed by atoms with Crippen molar-refractivity contribution in [3.05, 3.63) is 23.8 Å². The number of benzene rings is 1. The maximum absolute atomic E-state index is 11.9. The minimum Gasteiger partial charge on any atom is -0.486 e. The molecule has 2 heterocycles.